The van der Waals surface area contributed by atoms with Crippen LogP contribution in [-0.4, -0.2) is 39.4 Å². The number of anilines is 1. The van der Waals surface area contributed by atoms with Crippen molar-refractivity contribution in [1.29, 1.82) is 0 Å². The molecule has 0 fully saturated rings. The summed E-state index contributed by atoms with van der Waals surface area (Å²) in [5.41, 5.74) is 0.938. The van der Waals surface area contributed by atoms with Gasteiger partial charge in [0.25, 0.3) is 0 Å². The van der Waals surface area contributed by atoms with Crippen LogP contribution in [0.25, 0.3) is 0 Å². The molecule has 0 amide bonds. The zero-order valence-corrected chi connectivity index (χ0v) is 12.7. The topological polar surface area (TPSA) is 24.5 Å². The minimum atomic E-state index is -0.182. The van der Waals surface area contributed by atoms with Crippen LogP contribution < -0.4 is 10.2 Å². The lowest BCUT2D eigenvalue weighted by atomic mass is 10.2. The van der Waals surface area contributed by atoms with Gasteiger partial charge in [0.1, 0.15) is 5.82 Å². The van der Waals surface area contributed by atoms with Crippen molar-refractivity contribution in [2.24, 2.45) is 0 Å². The number of rotatable bonds is 11. The van der Waals surface area contributed by atoms with E-state index in [1.54, 1.807) is 12.1 Å². The molecule has 0 aromatic heterocycles. The number of ether oxygens (including phenoxy) is 1. The minimum Gasteiger partial charge on any atom is -0.380 e. The van der Waals surface area contributed by atoms with Crippen LogP contribution in [0.5, 0.6) is 0 Å². The van der Waals surface area contributed by atoms with Crippen molar-refractivity contribution in [3.8, 4) is 0 Å². The third kappa shape index (κ3) is 6.87. The molecule has 0 aliphatic heterocycles. The predicted octanol–water partition coefficient (Wildman–Crippen LogP) is 3.06. The molecule has 20 heavy (non-hydrogen) atoms. The van der Waals surface area contributed by atoms with E-state index in [0.717, 1.165) is 51.5 Å². The highest BCUT2D eigenvalue weighted by Crippen LogP contribution is 2.14. The maximum absolute atomic E-state index is 13.2. The maximum atomic E-state index is 13.2. The van der Waals surface area contributed by atoms with Gasteiger partial charge in [0, 0.05) is 38.5 Å². The van der Waals surface area contributed by atoms with Crippen LogP contribution in [0, 0.1) is 5.82 Å². The van der Waals surface area contributed by atoms with Gasteiger partial charge in [-0.3, -0.25) is 0 Å². The van der Waals surface area contributed by atoms with E-state index in [1.807, 2.05) is 6.07 Å². The van der Waals surface area contributed by atoms with Gasteiger partial charge in [0.15, 0.2) is 0 Å². The van der Waals surface area contributed by atoms with Crippen molar-refractivity contribution < 1.29 is 9.13 Å². The lowest BCUT2D eigenvalue weighted by molar-refractivity contribution is 0.133. The molecule has 3 nitrogen and oxygen atoms in total. The fraction of sp³-hybridized carbons (Fsp3) is 0.625. The van der Waals surface area contributed by atoms with Gasteiger partial charge in [0.05, 0.1) is 6.61 Å². The van der Waals surface area contributed by atoms with Gasteiger partial charge in [-0.25, -0.2) is 4.39 Å². The van der Waals surface area contributed by atoms with Crippen LogP contribution in [0.3, 0.4) is 0 Å². The average molecular weight is 282 g/mol. The van der Waals surface area contributed by atoms with E-state index < -0.39 is 0 Å². The molecule has 0 radical (unpaired) electrons. The summed E-state index contributed by atoms with van der Waals surface area (Å²) in [4.78, 5) is 2.16. The van der Waals surface area contributed by atoms with Crippen molar-refractivity contribution in [3.05, 3.63) is 30.1 Å². The van der Waals surface area contributed by atoms with Crippen molar-refractivity contribution in [2.45, 2.75) is 26.7 Å². The van der Waals surface area contributed by atoms with Gasteiger partial charge < -0.3 is 15.0 Å². The number of nitrogens with zero attached hydrogens (tertiary/aromatic N) is 1. The number of hydrogen-bond donors (Lipinski definition) is 1. The molecule has 1 aromatic rings. The minimum absolute atomic E-state index is 0.182. The first-order valence-corrected chi connectivity index (χ1v) is 7.57. The predicted molar refractivity (Wildman–Crippen MR) is 82.9 cm³/mol. The number of benzene rings is 1. The Kier molecular flexibility index (Phi) is 9.00. The summed E-state index contributed by atoms with van der Waals surface area (Å²) in [6.07, 6.45) is 2.30. The highest BCUT2D eigenvalue weighted by atomic mass is 19.1. The summed E-state index contributed by atoms with van der Waals surface area (Å²) in [5, 5.41) is 3.35. The smallest absolute Gasteiger partial charge is 0.125 e. The normalized spacial score (nSPS) is 10.8. The van der Waals surface area contributed by atoms with Crippen molar-refractivity contribution >= 4 is 5.69 Å². The monoisotopic (exact) mass is 282 g/mol. The lowest BCUT2D eigenvalue weighted by Crippen LogP contribution is -2.33. The van der Waals surface area contributed by atoms with Gasteiger partial charge in [-0.2, -0.15) is 0 Å². The average Bonchev–Trinajstić information content (AvgIpc) is 2.46. The summed E-state index contributed by atoms with van der Waals surface area (Å²) in [6.45, 7) is 9.33. The van der Waals surface area contributed by atoms with E-state index in [4.69, 9.17) is 4.74 Å². The van der Waals surface area contributed by atoms with Gasteiger partial charge in [0.2, 0.25) is 0 Å². The largest absolute Gasteiger partial charge is 0.380 e. The van der Waals surface area contributed by atoms with Crippen molar-refractivity contribution in [1.82, 2.24) is 5.32 Å². The summed E-state index contributed by atoms with van der Waals surface area (Å²) < 4.78 is 18.7. The Morgan fingerprint density at radius 3 is 2.75 bits per heavy atom. The molecule has 0 saturated heterocycles. The molecule has 1 aromatic carbocycles. The Labute approximate surface area is 122 Å². The first-order chi connectivity index (χ1) is 9.77. The van der Waals surface area contributed by atoms with Gasteiger partial charge >= 0.3 is 0 Å². The molecule has 1 rings (SSSR count). The molecule has 0 atom stereocenters. The molecule has 0 spiro atoms. The number of nitrogens with one attached hydrogen (secondary N) is 1. The lowest BCUT2D eigenvalue weighted by Gasteiger charge is -2.23. The molecule has 0 aliphatic rings. The van der Waals surface area contributed by atoms with E-state index >= 15 is 0 Å². The molecule has 114 valence electrons. The molecule has 0 heterocycles. The van der Waals surface area contributed by atoms with Gasteiger partial charge in [-0.05, 0) is 31.5 Å². The Hall–Kier alpha value is -1.13. The first kappa shape index (κ1) is 16.9. The van der Waals surface area contributed by atoms with Crippen molar-refractivity contribution in [3.63, 3.8) is 0 Å². The Morgan fingerprint density at radius 1 is 1.20 bits per heavy atom. The van der Waals surface area contributed by atoms with E-state index in [-0.39, 0.29) is 5.82 Å². The molecule has 0 bridgehead atoms. The highest BCUT2D eigenvalue weighted by Gasteiger charge is 2.04. The molecule has 0 unspecified atom stereocenters. The standard InChI is InChI=1S/C16H27FN2O/c1-3-5-12-20-13-10-18-9-11-19(4-2)16-8-6-7-15(17)14-16/h6-8,14,18H,3-5,9-13H2,1-2H3. The number of likely N-dealkylation sites (N-methyl/N-ethyl adjacent to an activating group) is 1. The second-order valence-electron chi connectivity index (χ2n) is 4.78. The van der Waals surface area contributed by atoms with Crippen LogP contribution >= 0.6 is 0 Å². The van der Waals surface area contributed by atoms with Gasteiger partial charge in [-0.15, -0.1) is 0 Å². The Balaban J connectivity index is 2.16. The van der Waals surface area contributed by atoms with Crippen LogP contribution in [0.15, 0.2) is 24.3 Å². The zero-order chi connectivity index (χ0) is 14.6. The quantitative estimate of drug-likeness (QED) is 0.631. The van der Waals surface area contributed by atoms with E-state index in [1.165, 1.54) is 12.5 Å². The highest BCUT2D eigenvalue weighted by molar-refractivity contribution is 5.46. The van der Waals surface area contributed by atoms with Crippen LogP contribution in [0.2, 0.25) is 0 Å². The third-order valence-corrected chi connectivity index (χ3v) is 3.18. The summed E-state index contributed by atoms with van der Waals surface area (Å²) in [7, 11) is 0. The second kappa shape index (κ2) is 10.6. The maximum Gasteiger partial charge on any atom is 0.125 e. The Morgan fingerprint density at radius 2 is 2.05 bits per heavy atom. The molecule has 1 N–H and O–H groups in total. The van der Waals surface area contributed by atoms with E-state index in [9.17, 15) is 4.39 Å². The summed E-state index contributed by atoms with van der Waals surface area (Å²) in [5.74, 6) is -0.182. The second-order valence-corrected chi connectivity index (χ2v) is 4.78. The zero-order valence-electron chi connectivity index (χ0n) is 12.7. The third-order valence-electron chi connectivity index (χ3n) is 3.18. The summed E-state index contributed by atoms with van der Waals surface area (Å²) >= 11 is 0. The van der Waals surface area contributed by atoms with Gasteiger partial charge in [-0.1, -0.05) is 19.4 Å². The van der Waals surface area contributed by atoms with Crippen molar-refractivity contribution in [2.75, 3.05) is 44.3 Å². The Bertz CT molecular complexity index is 360. The van der Waals surface area contributed by atoms with Crippen LogP contribution in [-0.2, 0) is 4.74 Å². The number of hydrogen-bond acceptors (Lipinski definition) is 3. The number of unbranched alkanes of at least 4 members (excludes halogenated alkanes) is 1. The van der Waals surface area contributed by atoms with E-state index in [2.05, 4.69) is 24.1 Å². The molecule has 4 heteroatoms. The molecule has 0 saturated carbocycles. The number of halogens is 1. The summed E-state index contributed by atoms with van der Waals surface area (Å²) in [6, 6.07) is 6.75. The molecular weight excluding hydrogens is 255 g/mol. The fourth-order valence-electron chi connectivity index (χ4n) is 1.97. The van der Waals surface area contributed by atoms with Crippen LogP contribution in [0.1, 0.15) is 26.7 Å². The van der Waals surface area contributed by atoms with Crippen LogP contribution in [0.4, 0.5) is 10.1 Å². The first-order valence-electron chi connectivity index (χ1n) is 7.57. The fourth-order valence-corrected chi connectivity index (χ4v) is 1.97. The molecular formula is C16H27FN2O. The van der Waals surface area contributed by atoms with E-state index in [0.29, 0.717) is 0 Å². The molecule has 0 aliphatic carbocycles. The SMILES string of the molecule is CCCCOCCNCCN(CC)c1cccc(F)c1.